The van der Waals surface area contributed by atoms with Gasteiger partial charge in [-0.15, -0.1) is 0 Å². The number of nitriles is 1. The Balaban J connectivity index is 1.83. The molecule has 29 heavy (non-hydrogen) atoms. The van der Waals surface area contributed by atoms with Crippen molar-refractivity contribution in [2.45, 2.75) is 45.1 Å². The number of ketones is 1. The van der Waals surface area contributed by atoms with Crippen LogP contribution in [0.25, 0.3) is 10.8 Å². The summed E-state index contributed by atoms with van der Waals surface area (Å²) in [5.74, 6) is -0.594. The molecule has 5 heteroatoms. The number of benzene rings is 2. The monoisotopic (exact) mass is 386 g/mol. The molecule has 5 nitrogen and oxygen atoms in total. The molecule has 1 fully saturated rings. The Labute approximate surface area is 168 Å². The summed E-state index contributed by atoms with van der Waals surface area (Å²) >= 11 is 0. The van der Waals surface area contributed by atoms with E-state index in [1.165, 1.54) is 4.57 Å². The predicted octanol–water partition coefficient (Wildman–Crippen LogP) is 4.43. The third kappa shape index (κ3) is 3.21. The molecule has 1 saturated carbocycles. The van der Waals surface area contributed by atoms with Crippen LogP contribution in [-0.4, -0.2) is 15.5 Å². The van der Waals surface area contributed by atoms with Crippen molar-refractivity contribution in [1.29, 1.82) is 5.26 Å². The number of aromatic nitrogens is 1. The van der Waals surface area contributed by atoms with E-state index in [0.717, 1.165) is 42.0 Å². The average molecular weight is 386 g/mol. The second-order valence-electron chi connectivity index (χ2n) is 7.66. The highest BCUT2D eigenvalue weighted by Gasteiger charge is 2.29. The van der Waals surface area contributed by atoms with Crippen molar-refractivity contribution >= 4 is 16.6 Å². The van der Waals surface area contributed by atoms with Gasteiger partial charge in [0.25, 0.3) is 5.56 Å². The van der Waals surface area contributed by atoms with E-state index in [9.17, 15) is 20.0 Å². The maximum Gasteiger partial charge on any atom is 0.271 e. The van der Waals surface area contributed by atoms with Crippen molar-refractivity contribution in [3.63, 3.8) is 0 Å². The van der Waals surface area contributed by atoms with Gasteiger partial charge >= 0.3 is 0 Å². The zero-order valence-electron chi connectivity index (χ0n) is 16.3. The number of pyridine rings is 1. The number of aromatic hydroxyl groups is 1. The van der Waals surface area contributed by atoms with E-state index in [4.69, 9.17) is 0 Å². The number of hydrogen-bond donors (Lipinski definition) is 1. The highest BCUT2D eigenvalue weighted by Crippen LogP contribution is 2.34. The van der Waals surface area contributed by atoms with E-state index in [1.54, 1.807) is 6.92 Å². The molecule has 4 rings (SSSR count). The first kappa shape index (κ1) is 18.9. The molecular weight excluding hydrogens is 364 g/mol. The van der Waals surface area contributed by atoms with Gasteiger partial charge in [-0.3, -0.25) is 14.2 Å². The van der Waals surface area contributed by atoms with E-state index in [1.807, 2.05) is 48.5 Å². The van der Waals surface area contributed by atoms with Crippen LogP contribution in [0.4, 0.5) is 0 Å². The first-order valence-corrected chi connectivity index (χ1v) is 9.91. The molecule has 0 spiro atoms. The summed E-state index contributed by atoms with van der Waals surface area (Å²) in [5.41, 5.74) is 0.631. The van der Waals surface area contributed by atoms with Gasteiger partial charge in [-0.1, -0.05) is 55.3 Å². The minimum Gasteiger partial charge on any atom is -0.494 e. The Kier molecular flexibility index (Phi) is 4.94. The lowest BCUT2D eigenvalue weighted by Crippen LogP contribution is -2.29. The fraction of sp³-hybridized carbons (Fsp3) is 0.292. The van der Waals surface area contributed by atoms with E-state index >= 15 is 0 Å². The number of fused-ring (bicyclic) bond motifs is 1. The van der Waals surface area contributed by atoms with Crippen molar-refractivity contribution < 1.29 is 9.90 Å². The van der Waals surface area contributed by atoms with Gasteiger partial charge in [-0.2, -0.15) is 5.26 Å². The summed E-state index contributed by atoms with van der Waals surface area (Å²) < 4.78 is 1.27. The van der Waals surface area contributed by atoms with E-state index in [-0.39, 0.29) is 40.8 Å². The molecule has 1 aliphatic carbocycles. The Bertz CT molecular complexity index is 1210. The van der Waals surface area contributed by atoms with Crippen LogP contribution in [0.5, 0.6) is 5.88 Å². The third-order valence-electron chi connectivity index (χ3n) is 5.95. The normalized spacial score (nSPS) is 14.2. The second kappa shape index (κ2) is 7.56. The van der Waals surface area contributed by atoms with Gasteiger partial charge in [0.05, 0.1) is 5.56 Å². The largest absolute Gasteiger partial charge is 0.494 e. The lowest BCUT2D eigenvalue weighted by molar-refractivity contribution is 0.0988. The van der Waals surface area contributed by atoms with Crippen LogP contribution in [0.2, 0.25) is 0 Å². The molecule has 0 unspecified atom stereocenters. The predicted molar refractivity (Wildman–Crippen MR) is 111 cm³/mol. The molecule has 0 bridgehead atoms. The summed E-state index contributed by atoms with van der Waals surface area (Å²) in [6.45, 7) is 1.56. The van der Waals surface area contributed by atoms with Crippen LogP contribution in [0.15, 0.2) is 47.3 Å². The summed E-state index contributed by atoms with van der Waals surface area (Å²) in [5, 5.41) is 22.5. The fourth-order valence-corrected chi connectivity index (χ4v) is 4.46. The molecule has 146 valence electrons. The number of hydrogen-bond acceptors (Lipinski definition) is 4. The molecular formula is C24H22N2O3. The summed E-state index contributed by atoms with van der Waals surface area (Å²) in [6, 6.07) is 15.4. The standard InChI is InChI=1S/C24H22N2O3/c1-15-20(14-25)23(28)26(18-10-3-4-11-18)24(29)22(15)21(27)13-17-9-6-8-16-7-2-5-12-19(16)17/h2,5-9,12,18,29H,3-4,10-11,13H2,1H3. The Morgan fingerprint density at radius 1 is 1.17 bits per heavy atom. The SMILES string of the molecule is Cc1c(C(=O)Cc2cccc3ccccc23)c(O)n(C2CCCC2)c(=O)c1C#N. The van der Waals surface area contributed by atoms with Crippen molar-refractivity contribution in [1.82, 2.24) is 4.57 Å². The maximum absolute atomic E-state index is 13.3. The number of Topliss-reactive ketones (excluding diaryl/α,β-unsaturated/α-hetero) is 1. The van der Waals surface area contributed by atoms with Crippen molar-refractivity contribution in [3.05, 3.63) is 75.1 Å². The van der Waals surface area contributed by atoms with Crippen molar-refractivity contribution in [2.75, 3.05) is 0 Å². The second-order valence-corrected chi connectivity index (χ2v) is 7.66. The molecule has 0 atom stereocenters. The minimum absolute atomic E-state index is 0.0593. The summed E-state index contributed by atoms with van der Waals surface area (Å²) in [4.78, 5) is 26.1. The van der Waals surface area contributed by atoms with Gasteiger partial charge in [-0.05, 0) is 41.7 Å². The molecule has 1 N–H and O–H groups in total. The van der Waals surface area contributed by atoms with Crippen LogP contribution >= 0.6 is 0 Å². The molecule has 1 aromatic heterocycles. The highest BCUT2D eigenvalue weighted by molar-refractivity contribution is 6.03. The zero-order valence-corrected chi connectivity index (χ0v) is 16.3. The fourth-order valence-electron chi connectivity index (χ4n) is 4.46. The Morgan fingerprint density at radius 2 is 1.86 bits per heavy atom. The quantitative estimate of drug-likeness (QED) is 0.673. The molecule has 1 heterocycles. The topological polar surface area (TPSA) is 83.1 Å². The van der Waals surface area contributed by atoms with Crippen LogP contribution in [0.3, 0.4) is 0 Å². The van der Waals surface area contributed by atoms with Crippen LogP contribution in [0, 0.1) is 18.3 Å². The highest BCUT2D eigenvalue weighted by atomic mass is 16.3. The maximum atomic E-state index is 13.3. The molecule has 0 saturated heterocycles. The van der Waals surface area contributed by atoms with Gasteiger partial charge in [0.1, 0.15) is 11.6 Å². The molecule has 3 aromatic rings. The minimum atomic E-state index is -0.504. The van der Waals surface area contributed by atoms with E-state index < -0.39 is 5.56 Å². The molecule has 0 radical (unpaired) electrons. The van der Waals surface area contributed by atoms with Crippen LogP contribution < -0.4 is 5.56 Å². The average Bonchev–Trinajstić information content (AvgIpc) is 3.23. The third-order valence-corrected chi connectivity index (χ3v) is 5.95. The van der Waals surface area contributed by atoms with Gasteiger partial charge in [0.2, 0.25) is 5.88 Å². The number of nitrogens with zero attached hydrogens (tertiary/aromatic N) is 2. The van der Waals surface area contributed by atoms with Crippen LogP contribution in [-0.2, 0) is 6.42 Å². The van der Waals surface area contributed by atoms with Crippen molar-refractivity contribution in [3.8, 4) is 11.9 Å². The summed E-state index contributed by atoms with van der Waals surface area (Å²) in [6.07, 6.45) is 3.54. The van der Waals surface area contributed by atoms with Crippen molar-refractivity contribution in [2.24, 2.45) is 0 Å². The van der Waals surface area contributed by atoms with Gasteiger partial charge < -0.3 is 5.11 Å². The Morgan fingerprint density at radius 3 is 2.59 bits per heavy atom. The summed E-state index contributed by atoms with van der Waals surface area (Å²) in [7, 11) is 0. The zero-order chi connectivity index (χ0) is 20.5. The lowest BCUT2D eigenvalue weighted by atomic mass is 9.94. The lowest BCUT2D eigenvalue weighted by Gasteiger charge is -2.20. The van der Waals surface area contributed by atoms with E-state index in [2.05, 4.69) is 0 Å². The first-order chi connectivity index (χ1) is 14.0. The first-order valence-electron chi connectivity index (χ1n) is 9.91. The molecule has 1 aliphatic rings. The smallest absolute Gasteiger partial charge is 0.271 e. The van der Waals surface area contributed by atoms with Crippen LogP contribution in [0.1, 0.15) is 58.8 Å². The van der Waals surface area contributed by atoms with Gasteiger partial charge in [0.15, 0.2) is 5.78 Å². The Hall–Kier alpha value is -3.39. The molecule has 2 aromatic carbocycles. The van der Waals surface area contributed by atoms with Gasteiger partial charge in [-0.25, -0.2) is 0 Å². The number of rotatable bonds is 4. The molecule has 0 aliphatic heterocycles. The number of carbonyl (C=O) groups is 1. The number of carbonyl (C=O) groups excluding carboxylic acids is 1. The van der Waals surface area contributed by atoms with E-state index in [0.29, 0.717) is 0 Å². The molecule has 0 amide bonds. The van der Waals surface area contributed by atoms with Gasteiger partial charge in [0, 0.05) is 12.5 Å².